The average molecular weight is 262 g/mol. The summed E-state index contributed by atoms with van der Waals surface area (Å²) in [7, 11) is 0. The zero-order valence-electron chi connectivity index (χ0n) is 11.4. The number of para-hydroxylation sites is 1. The molecule has 2 heterocycles. The van der Waals surface area contributed by atoms with Crippen LogP contribution in [-0.4, -0.2) is 9.66 Å². The van der Waals surface area contributed by atoms with Crippen molar-refractivity contribution in [3.8, 4) is 6.07 Å². The lowest BCUT2D eigenvalue weighted by Crippen LogP contribution is -2.14. The molecule has 3 rings (SSSR count). The van der Waals surface area contributed by atoms with Gasteiger partial charge in [-0.25, -0.2) is 4.98 Å². The molecule has 0 amide bonds. The number of aryl methyl sites for hydroxylation is 2. The predicted octanol–water partition coefficient (Wildman–Crippen LogP) is 3.40. The third-order valence-corrected chi connectivity index (χ3v) is 3.33. The molecule has 4 nitrogen and oxygen atoms in total. The predicted molar refractivity (Wildman–Crippen MR) is 79.4 cm³/mol. The van der Waals surface area contributed by atoms with Crippen LogP contribution in [0.25, 0.3) is 10.9 Å². The highest BCUT2D eigenvalue weighted by molar-refractivity contribution is 5.82. The van der Waals surface area contributed by atoms with Crippen molar-refractivity contribution in [2.75, 3.05) is 5.43 Å². The summed E-state index contributed by atoms with van der Waals surface area (Å²) in [4.78, 5) is 4.55. The van der Waals surface area contributed by atoms with Gasteiger partial charge in [0.05, 0.1) is 11.1 Å². The van der Waals surface area contributed by atoms with E-state index in [1.807, 2.05) is 61.0 Å². The number of aromatic nitrogens is 2. The summed E-state index contributed by atoms with van der Waals surface area (Å²) >= 11 is 0. The number of hydrogen-bond donors (Lipinski definition) is 1. The van der Waals surface area contributed by atoms with E-state index in [1.54, 1.807) is 0 Å². The van der Waals surface area contributed by atoms with Crippen molar-refractivity contribution < 1.29 is 0 Å². The molecular formula is C16H14N4. The summed E-state index contributed by atoms with van der Waals surface area (Å²) in [5, 5.41) is 10.3. The average Bonchev–Trinajstić information content (AvgIpc) is 2.78. The SMILES string of the molecule is Cc1ccc(C)n1Nc1nc2ccccc2cc1C#N. The van der Waals surface area contributed by atoms with E-state index in [0.717, 1.165) is 22.3 Å². The third-order valence-electron chi connectivity index (χ3n) is 3.33. The van der Waals surface area contributed by atoms with E-state index in [0.29, 0.717) is 11.4 Å². The Morgan fingerprint density at radius 1 is 1.10 bits per heavy atom. The molecule has 3 aromatic rings. The maximum atomic E-state index is 9.31. The highest BCUT2D eigenvalue weighted by Crippen LogP contribution is 2.20. The smallest absolute Gasteiger partial charge is 0.163 e. The topological polar surface area (TPSA) is 53.6 Å². The van der Waals surface area contributed by atoms with Crippen molar-refractivity contribution in [2.45, 2.75) is 13.8 Å². The Balaban J connectivity index is 2.13. The van der Waals surface area contributed by atoms with Crippen molar-refractivity contribution in [3.63, 3.8) is 0 Å². The summed E-state index contributed by atoms with van der Waals surface area (Å²) in [5.41, 5.74) is 6.77. The molecule has 0 radical (unpaired) electrons. The van der Waals surface area contributed by atoms with Gasteiger partial charge in [-0.3, -0.25) is 10.1 Å². The normalized spacial score (nSPS) is 10.4. The zero-order chi connectivity index (χ0) is 14.1. The number of anilines is 1. The van der Waals surface area contributed by atoms with E-state index < -0.39 is 0 Å². The lowest BCUT2D eigenvalue weighted by molar-refractivity contribution is 0.872. The molecule has 20 heavy (non-hydrogen) atoms. The third kappa shape index (κ3) is 1.99. The molecule has 0 bridgehead atoms. The fourth-order valence-electron chi connectivity index (χ4n) is 2.24. The van der Waals surface area contributed by atoms with Crippen LogP contribution in [0.4, 0.5) is 5.82 Å². The van der Waals surface area contributed by atoms with Crippen LogP contribution in [0.2, 0.25) is 0 Å². The van der Waals surface area contributed by atoms with E-state index in [1.165, 1.54) is 0 Å². The van der Waals surface area contributed by atoms with Gasteiger partial charge in [-0.1, -0.05) is 18.2 Å². The molecular weight excluding hydrogens is 248 g/mol. The van der Waals surface area contributed by atoms with Gasteiger partial charge in [0.15, 0.2) is 5.82 Å². The first-order valence-electron chi connectivity index (χ1n) is 6.41. The Labute approximate surface area is 117 Å². The summed E-state index contributed by atoms with van der Waals surface area (Å²) in [6.07, 6.45) is 0. The first-order valence-corrected chi connectivity index (χ1v) is 6.41. The van der Waals surface area contributed by atoms with Gasteiger partial charge < -0.3 is 0 Å². The second-order valence-corrected chi connectivity index (χ2v) is 4.75. The monoisotopic (exact) mass is 262 g/mol. The van der Waals surface area contributed by atoms with Crippen LogP contribution in [0.3, 0.4) is 0 Å². The summed E-state index contributed by atoms with van der Waals surface area (Å²) in [6.45, 7) is 4.01. The Bertz CT molecular complexity index is 805. The number of pyridine rings is 1. The molecule has 1 aromatic carbocycles. The lowest BCUT2D eigenvalue weighted by atomic mass is 10.1. The van der Waals surface area contributed by atoms with Crippen molar-refractivity contribution in [1.29, 1.82) is 5.26 Å². The fourth-order valence-corrected chi connectivity index (χ4v) is 2.24. The van der Waals surface area contributed by atoms with Crippen molar-refractivity contribution in [1.82, 2.24) is 9.66 Å². The van der Waals surface area contributed by atoms with Gasteiger partial charge in [0.2, 0.25) is 0 Å². The minimum atomic E-state index is 0.538. The van der Waals surface area contributed by atoms with Gasteiger partial charge in [-0.05, 0) is 38.1 Å². The van der Waals surface area contributed by atoms with Gasteiger partial charge in [-0.15, -0.1) is 0 Å². The van der Waals surface area contributed by atoms with Crippen molar-refractivity contribution >= 4 is 16.7 Å². The Hall–Kier alpha value is -2.80. The number of hydrogen-bond acceptors (Lipinski definition) is 3. The maximum absolute atomic E-state index is 9.31. The Morgan fingerprint density at radius 3 is 2.50 bits per heavy atom. The molecule has 0 atom stereocenters. The van der Waals surface area contributed by atoms with Crippen LogP contribution in [0.5, 0.6) is 0 Å². The summed E-state index contributed by atoms with van der Waals surface area (Å²) in [5.74, 6) is 0.577. The second-order valence-electron chi connectivity index (χ2n) is 4.75. The quantitative estimate of drug-likeness (QED) is 0.770. The van der Waals surface area contributed by atoms with Gasteiger partial charge in [0.25, 0.3) is 0 Å². The molecule has 0 aliphatic carbocycles. The maximum Gasteiger partial charge on any atom is 0.163 e. The molecule has 2 aromatic heterocycles. The van der Waals surface area contributed by atoms with Crippen LogP contribution in [-0.2, 0) is 0 Å². The van der Waals surface area contributed by atoms with E-state index in [-0.39, 0.29) is 0 Å². The number of nitrogens with one attached hydrogen (secondary N) is 1. The van der Waals surface area contributed by atoms with Crippen LogP contribution in [0.1, 0.15) is 17.0 Å². The minimum Gasteiger partial charge on any atom is -0.276 e. The van der Waals surface area contributed by atoms with E-state index in [4.69, 9.17) is 0 Å². The summed E-state index contributed by atoms with van der Waals surface area (Å²) in [6, 6.07) is 15.9. The lowest BCUT2D eigenvalue weighted by Gasteiger charge is -2.13. The van der Waals surface area contributed by atoms with Gasteiger partial charge in [0, 0.05) is 16.8 Å². The summed E-state index contributed by atoms with van der Waals surface area (Å²) < 4.78 is 1.93. The molecule has 1 N–H and O–H groups in total. The van der Waals surface area contributed by atoms with Gasteiger partial charge in [-0.2, -0.15) is 5.26 Å². The van der Waals surface area contributed by atoms with Crippen LogP contribution in [0.15, 0.2) is 42.5 Å². The molecule has 4 heteroatoms. The highest BCUT2D eigenvalue weighted by Gasteiger charge is 2.08. The number of nitriles is 1. The molecule has 0 aliphatic heterocycles. The molecule has 0 saturated heterocycles. The second kappa shape index (κ2) is 4.71. The molecule has 0 fully saturated rings. The zero-order valence-corrected chi connectivity index (χ0v) is 11.4. The van der Waals surface area contributed by atoms with Crippen LogP contribution in [0, 0.1) is 25.2 Å². The molecule has 0 saturated carbocycles. The first-order chi connectivity index (χ1) is 9.69. The van der Waals surface area contributed by atoms with Crippen molar-refractivity contribution in [3.05, 3.63) is 59.4 Å². The van der Waals surface area contributed by atoms with Gasteiger partial charge >= 0.3 is 0 Å². The first kappa shape index (κ1) is 12.2. The molecule has 0 spiro atoms. The van der Waals surface area contributed by atoms with Crippen LogP contribution >= 0.6 is 0 Å². The number of fused-ring (bicyclic) bond motifs is 1. The molecule has 0 aliphatic rings. The van der Waals surface area contributed by atoms with Crippen LogP contribution < -0.4 is 5.43 Å². The van der Waals surface area contributed by atoms with Crippen molar-refractivity contribution in [2.24, 2.45) is 0 Å². The van der Waals surface area contributed by atoms with E-state index in [9.17, 15) is 5.26 Å². The Kier molecular flexibility index (Phi) is 2.88. The minimum absolute atomic E-state index is 0.538. The fraction of sp³-hybridized carbons (Fsp3) is 0.125. The highest BCUT2D eigenvalue weighted by atomic mass is 15.4. The number of nitrogens with zero attached hydrogens (tertiary/aromatic N) is 3. The largest absolute Gasteiger partial charge is 0.276 e. The Morgan fingerprint density at radius 2 is 1.80 bits per heavy atom. The van der Waals surface area contributed by atoms with E-state index in [2.05, 4.69) is 16.5 Å². The number of rotatable bonds is 2. The standard InChI is InChI=1S/C16H14N4/c1-11-7-8-12(2)20(11)19-16-14(10-17)9-13-5-3-4-6-15(13)18-16/h3-9H,1-2H3,(H,18,19). The molecule has 98 valence electrons. The van der Waals surface area contributed by atoms with Gasteiger partial charge in [0.1, 0.15) is 6.07 Å². The number of benzene rings is 1. The van der Waals surface area contributed by atoms with E-state index >= 15 is 0 Å². The molecule has 0 unspecified atom stereocenters.